The number of carbonyl (C=O) groups is 4. The Balaban J connectivity index is 1.46. The minimum absolute atomic E-state index is 0.148. The number of carbonyl (C=O) groups excluding carboxylic acids is 4. The van der Waals surface area contributed by atoms with Crippen molar-refractivity contribution >= 4 is 45.8 Å². The van der Waals surface area contributed by atoms with Gasteiger partial charge < -0.3 is 10.1 Å². The molecule has 3 aromatic rings. The Labute approximate surface area is 178 Å². The van der Waals surface area contributed by atoms with Gasteiger partial charge in [-0.25, -0.2) is 4.79 Å². The topological polar surface area (TPSA) is 92.8 Å². The number of rotatable bonds is 5. The zero-order valence-corrected chi connectivity index (χ0v) is 16.8. The monoisotopic (exact) mass is 416 g/mol. The van der Waals surface area contributed by atoms with Gasteiger partial charge in [0.15, 0.2) is 6.10 Å². The molecule has 1 atom stereocenters. The summed E-state index contributed by atoms with van der Waals surface area (Å²) in [4.78, 5) is 50.1. The van der Waals surface area contributed by atoms with Crippen LogP contribution in [-0.2, 0) is 19.1 Å². The molecule has 1 heterocycles. The van der Waals surface area contributed by atoms with E-state index in [1.807, 2.05) is 36.4 Å². The summed E-state index contributed by atoms with van der Waals surface area (Å²) in [7, 11) is 0. The van der Waals surface area contributed by atoms with Gasteiger partial charge in [0.1, 0.15) is 0 Å². The molecule has 156 valence electrons. The molecule has 1 N–H and O–H groups in total. The van der Waals surface area contributed by atoms with Crippen LogP contribution in [-0.4, -0.2) is 29.8 Å². The molecule has 1 fully saturated rings. The minimum Gasteiger partial charge on any atom is -0.449 e. The zero-order chi connectivity index (χ0) is 22.0. The maximum absolute atomic E-state index is 12.6. The molecule has 1 aliphatic rings. The number of amides is 3. The number of fused-ring (bicyclic) bond motifs is 1. The minimum atomic E-state index is -1.05. The molecule has 0 bridgehead atoms. The van der Waals surface area contributed by atoms with Crippen LogP contribution < -0.4 is 10.2 Å². The number of imide groups is 1. The molecule has 0 spiro atoms. The summed E-state index contributed by atoms with van der Waals surface area (Å²) >= 11 is 0. The van der Waals surface area contributed by atoms with Gasteiger partial charge in [0.2, 0.25) is 11.8 Å². The van der Waals surface area contributed by atoms with Crippen molar-refractivity contribution in [1.29, 1.82) is 0 Å². The molecular weight excluding hydrogens is 396 g/mol. The molecule has 0 unspecified atom stereocenters. The van der Waals surface area contributed by atoms with E-state index < -0.39 is 18.0 Å². The van der Waals surface area contributed by atoms with Crippen LogP contribution in [0.25, 0.3) is 10.8 Å². The molecule has 7 nitrogen and oxygen atoms in total. The first-order valence-electron chi connectivity index (χ1n) is 9.89. The lowest BCUT2D eigenvalue weighted by Crippen LogP contribution is -2.30. The van der Waals surface area contributed by atoms with Crippen LogP contribution in [0.5, 0.6) is 0 Å². The highest BCUT2D eigenvalue weighted by atomic mass is 16.5. The molecule has 0 aromatic heterocycles. The Bertz CT molecular complexity index is 1180. The number of anilines is 2. The van der Waals surface area contributed by atoms with E-state index in [0.717, 1.165) is 15.7 Å². The molecule has 0 saturated carbocycles. The number of nitrogens with zero attached hydrogens (tertiary/aromatic N) is 1. The third kappa shape index (κ3) is 4.16. The van der Waals surface area contributed by atoms with Crippen molar-refractivity contribution in [3.63, 3.8) is 0 Å². The van der Waals surface area contributed by atoms with Gasteiger partial charge in [-0.1, -0.05) is 42.5 Å². The van der Waals surface area contributed by atoms with Gasteiger partial charge >= 0.3 is 5.97 Å². The average Bonchev–Trinajstić information content (AvgIpc) is 3.12. The predicted octanol–water partition coefficient (Wildman–Crippen LogP) is 3.68. The highest BCUT2D eigenvalue weighted by Crippen LogP contribution is 2.25. The van der Waals surface area contributed by atoms with E-state index in [2.05, 4.69) is 5.32 Å². The maximum Gasteiger partial charge on any atom is 0.338 e. The van der Waals surface area contributed by atoms with Gasteiger partial charge in [0, 0.05) is 23.9 Å². The zero-order valence-electron chi connectivity index (χ0n) is 16.8. The second-order valence-corrected chi connectivity index (χ2v) is 7.24. The van der Waals surface area contributed by atoms with E-state index in [1.165, 1.54) is 19.1 Å². The van der Waals surface area contributed by atoms with Crippen molar-refractivity contribution in [2.45, 2.75) is 25.9 Å². The van der Waals surface area contributed by atoms with Gasteiger partial charge in [-0.05, 0) is 36.6 Å². The van der Waals surface area contributed by atoms with Crippen LogP contribution in [0.4, 0.5) is 11.4 Å². The van der Waals surface area contributed by atoms with Gasteiger partial charge in [-0.3, -0.25) is 19.3 Å². The smallest absolute Gasteiger partial charge is 0.338 e. The lowest BCUT2D eigenvalue weighted by molar-refractivity contribution is -0.124. The van der Waals surface area contributed by atoms with E-state index in [-0.39, 0.29) is 30.2 Å². The van der Waals surface area contributed by atoms with Crippen molar-refractivity contribution in [1.82, 2.24) is 0 Å². The SMILES string of the molecule is C[C@@H](OC(=O)c1cccc(N2C(=O)CCC2=O)c1)C(=O)Nc1cccc2ccccc12. The molecule has 0 radical (unpaired) electrons. The third-order valence-corrected chi connectivity index (χ3v) is 5.09. The predicted molar refractivity (Wildman–Crippen MR) is 116 cm³/mol. The van der Waals surface area contributed by atoms with Gasteiger partial charge in [-0.15, -0.1) is 0 Å². The fourth-order valence-electron chi connectivity index (χ4n) is 3.49. The van der Waals surface area contributed by atoms with Crippen molar-refractivity contribution in [3.05, 3.63) is 72.3 Å². The van der Waals surface area contributed by atoms with E-state index in [4.69, 9.17) is 4.74 Å². The van der Waals surface area contributed by atoms with Gasteiger partial charge in [0.25, 0.3) is 5.91 Å². The van der Waals surface area contributed by atoms with Crippen molar-refractivity contribution in [3.8, 4) is 0 Å². The summed E-state index contributed by atoms with van der Waals surface area (Å²) < 4.78 is 5.31. The quantitative estimate of drug-likeness (QED) is 0.506. The Morgan fingerprint density at radius 3 is 2.39 bits per heavy atom. The number of ether oxygens (including phenoxy) is 1. The lowest BCUT2D eigenvalue weighted by atomic mass is 10.1. The molecule has 7 heteroatoms. The highest BCUT2D eigenvalue weighted by molar-refractivity contribution is 6.20. The third-order valence-electron chi connectivity index (χ3n) is 5.09. The lowest BCUT2D eigenvalue weighted by Gasteiger charge is -2.16. The Hall–Kier alpha value is -4.00. The second kappa shape index (κ2) is 8.39. The van der Waals surface area contributed by atoms with Crippen LogP contribution in [0.3, 0.4) is 0 Å². The fourth-order valence-corrected chi connectivity index (χ4v) is 3.49. The molecule has 3 amide bonds. The Morgan fingerprint density at radius 1 is 0.935 bits per heavy atom. The number of hydrogen-bond donors (Lipinski definition) is 1. The molecular formula is C24H20N2O5. The van der Waals surface area contributed by atoms with E-state index in [1.54, 1.807) is 18.2 Å². The summed E-state index contributed by atoms with van der Waals surface area (Å²) in [6, 6.07) is 19.2. The molecule has 31 heavy (non-hydrogen) atoms. The van der Waals surface area contributed by atoms with Gasteiger partial charge in [-0.2, -0.15) is 0 Å². The normalized spacial score (nSPS) is 14.5. The number of esters is 1. The van der Waals surface area contributed by atoms with Crippen molar-refractivity contribution < 1.29 is 23.9 Å². The van der Waals surface area contributed by atoms with E-state index in [9.17, 15) is 19.2 Å². The maximum atomic E-state index is 12.6. The van der Waals surface area contributed by atoms with Crippen molar-refractivity contribution in [2.75, 3.05) is 10.2 Å². The second-order valence-electron chi connectivity index (χ2n) is 7.24. The Kier molecular flexibility index (Phi) is 5.49. The largest absolute Gasteiger partial charge is 0.449 e. The first-order chi connectivity index (χ1) is 14.9. The molecule has 0 aliphatic carbocycles. The summed E-state index contributed by atoms with van der Waals surface area (Å²) in [6.45, 7) is 1.48. The van der Waals surface area contributed by atoms with Crippen LogP contribution in [0, 0.1) is 0 Å². The summed E-state index contributed by atoms with van der Waals surface area (Å²) in [5, 5.41) is 4.65. The first kappa shape index (κ1) is 20.3. The fraction of sp³-hybridized carbons (Fsp3) is 0.167. The standard InChI is InChI=1S/C24H20N2O5/c1-15(23(29)25-20-11-5-7-16-6-2-3-10-19(16)20)31-24(30)17-8-4-9-18(14-17)26-21(27)12-13-22(26)28/h2-11,14-15H,12-13H2,1H3,(H,25,29)/t15-/m1/s1. The van der Waals surface area contributed by atoms with Gasteiger partial charge in [0.05, 0.1) is 11.3 Å². The van der Waals surface area contributed by atoms with Crippen LogP contribution in [0.15, 0.2) is 66.7 Å². The summed E-state index contributed by atoms with van der Waals surface area (Å²) in [5.74, 6) is -1.80. The molecule has 3 aromatic carbocycles. The Morgan fingerprint density at radius 2 is 1.61 bits per heavy atom. The summed E-state index contributed by atoms with van der Waals surface area (Å²) in [6.07, 6.45) is -0.747. The van der Waals surface area contributed by atoms with Crippen LogP contribution in [0.1, 0.15) is 30.1 Å². The van der Waals surface area contributed by atoms with E-state index >= 15 is 0 Å². The molecule has 1 saturated heterocycles. The van der Waals surface area contributed by atoms with E-state index in [0.29, 0.717) is 11.4 Å². The summed E-state index contributed by atoms with van der Waals surface area (Å²) in [5.41, 5.74) is 1.09. The number of benzene rings is 3. The number of hydrogen-bond acceptors (Lipinski definition) is 5. The van der Waals surface area contributed by atoms with Crippen LogP contribution in [0.2, 0.25) is 0 Å². The van der Waals surface area contributed by atoms with Crippen molar-refractivity contribution in [2.24, 2.45) is 0 Å². The molecule has 1 aliphatic heterocycles. The average molecular weight is 416 g/mol. The number of nitrogens with one attached hydrogen (secondary N) is 1. The van der Waals surface area contributed by atoms with Crippen LogP contribution >= 0.6 is 0 Å². The molecule has 4 rings (SSSR count). The highest BCUT2D eigenvalue weighted by Gasteiger charge is 2.30. The first-order valence-corrected chi connectivity index (χ1v) is 9.89.